The largest absolute Gasteiger partial charge is 0.497 e. The molecule has 3 aromatic carbocycles. The molecule has 150 valence electrons. The summed E-state index contributed by atoms with van der Waals surface area (Å²) in [5.74, 6) is 0.383. The number of nitrogens with zero attached hydrogens (tertiary/aromatic N) is 2. The molecule has 1 N–H and O–H groups in total. The van der Waals surface area contributed by atoms with Crippen molar-refractivity contribution >= 4 is 16.7 Å². The molecule has 0 saturated heterocycles. The quantitative estimate of drug-likeness (QED) is 0.558. The van der Waals surface area contributed by atoms with Gasteiger partial charge in [0.25, 0.3) is 11.5 Å². The molecule has 0 aliphatic carbocycles. The van der Waals surface area contributed by atoms with Crippen LogP contribution in [0.1, 0.15) is 27.7 Å². The number of methoxy groups -OCH3 is 1. The highest BCUT2D eigenvalue weighted by Gasteiger charge is 2.21. The molecular formula is C24H21N3O3. The molecule has 0 aliphatic heterocycles. The molecule has 1 heterocycles. The van der Waals surface area contributed by atoms with E-state index in [-0.39, 0.29) is 23.2 Å². The molecule has 6 heteroatoms. The van der Waals surface area contributed by atoms with Gasteiger partial charge >= 0.3 is 0 Å². The first-order valence-electron chi connectivity index (χ1n) is 9.54. The first kappa shape index (κ1) is 19.4. The Bertz CT molecular complexity index is 1250. The number of ether oxygens (including phenoxy) is 1. The second-order valence-corrected chi connectivity index (χ2v) is 6.91. The van der Waals surface area contributed by atoms with Crippen LogP contribution < -0.4 is 15.6 Å². The minimum atomic E-state index is -0.387. The molecule has 1 unspecified atom stereocenters. The summed E-state index contributed by atoms with van der Waals surface area (Å²) in [4.78, 5) is 25.7. The Balaban J connectivity index is 1.77. The van der Waals surface area contributed by atoms with Gasteiger partial charge in [-0.05, 0) is 29.3 Å². The standard InChI is InChI=1S/C24H21N3O3/c1-27-24(29)20-11-7-6-10-19(20)22(26-27)23(28)25-21(16-8-4-3-5-9-16)17-12-14-18(30-2)15-13-17/h3-15,21H,1-2H3,(H,25,28). The van der Waals surface area contributed by atoms with E-state index in [1.165, 1.54) is 4.68 Å². The van der Waals surface area contributed by atoms with Crippen LogP contribution in [0.5, 0.6) is 5.75 Å². The Morgan fingerprint density at radius 1 is 0.900 bits per heavy atom. The number of fused-ring (bicyclic) bond motifs is 1. The van der Waals surface area contributed by atoms with Gasteiger partial charge in [0, 0.05) is 12.4 Å². The predicted octanol–water partition coefficient (Wildman–Crippen LogP) is 3.46. The van der Waals surface area contributed by atoms with Crippen LogP contribution in [0.15, 0.2) is 83.7 Å². The first-order valence-corrected chi connectivity index (χ1v) is 9.54. The van der Waals surface area contributed by atoms with Crippen molar-refractivity contribution in [3.63, 3.8) is 0 Å². The first-order chi connectivity index (χ1) is 14.6. The van der Waals surface area contributed by atoms with E-state index in [9.17, 15) is 9.59 Å². The summed E-state index contributed by atoms with van der Waals surface area (Å²) in [5, 5.41) is 8.31. The van der Waals surface area contributed by atoms with Gasteiger partial charge in [0.15, 0.2) is 5.69 Å². The van der Waals surface area contributed by atoms with Crippen LogP contribution in [0.25, 0.3) is 10.8 Å². The molecule has 30 heavy (non-hydrogen) atoms. The zero-order valence-corrected chi connectivity index (χ0v) is 16.7. The van der Waals surface area contributed by atoms with Crippen LogP contribution in [-0.4, -0.2) is 22.8 Å². The molecule has 6 nitrogen and oxygen atoms in total. The monoisotopic (exact) mass is 399 g/mol. The summed E-state index contributed by atoms with van der Waals surface area (Å²) >= 11 is 0. The number of aryl methyl sites for hydroxylation is 1. The number of carbonyl (C=O) groups is 1. The van der Waals surface area contributed by atoms with Gasteiger partial charge in [-0.1, -0.05) is 60.7 Å². The Hall–Kier alpha value is -3.93. The highest BCUT2D eigenvalue weighted by molar-refractivity contribution is 6.05. The van der Waals surface area contributed by atoms with E-state index in [0.29, 0.717) is 10.8 Å². The van der Waals surface area contributed by atoms with Gasteiger partial charge in [-0.3, -0.25) is 9.59 Å². The van der Waals surface area contributed by atoms with Crippen LogP contribution in [0.3, 0.4) is 0 Å². The van der Waals surface area contributed by atoms with E-state index in [0.717, 1.165) is 16.9 Å². The van der Waals surface area contributed by atoms with Crippen LogP contribution in [0, 0.1) is 0 Å². The lowest BCUT2D eigenvalue weighted by Crippen LogP contribution is -2.32. The number of nitrogens with one attached hydrogen (secondary N) is 1. The van der Waals surface area contributed by atoms with E-state index >= 15 is 0 Å². The summed E-state index contributed by atoms with van der Waals surface area (Å²) in [5.41, 5.74) is 1.81. The van der Waals surface area contributed by atoms with Crippen LogP contribution in [0.4, 0.5) is 0 Å². The third kappa shape index (κ3) is 3.67. The second kappa shape index (κ2) is 8.21. The van der Waals surface area contributed by atoms with Crippen LogP contribution in [-0.2, 0) is 7.05 Å². The average molecular weight is 399 g/mol. The maximum absolute atomic E-state index is 13.3. The number of hydrogen-bond acceptors (Lipinski definition) is 4. The number of rotatable bonds is 5. The minimum absolute atomic E-state index is 0.210. The lowest BCUT2D eigenvalue weighted by atomic mass is 9.98. The van der Waals surface area contributed by atoms with Crippen molar-refractivity contribution in [1.29, 1.82) is 0 Å². The van der Waals surface area contributed by atoms with E-state index in [1.54, 1.807) is 38.4 Å². The predicted molar refractivity (Wildman–Crippen MR) is 116 cm³/mol. The summed E-state index contributed by atoms with van der Waals surface area (Å²) in [6.45, 7) is 0. The molecule has 4 rings (SSSR count). The summed E-state index contributed by atoms with van der Waals surface area (Å²) in [7, 11) is 3.16. The fourth-order valence-corrected chi connectivity index (χ4v) is 3.47. The van der Waals surface area contributed by atoms with Crippen molar-refractivity contribution < 1.29 is 9.53 Å². The van der Waals surface area contributed by atoms with E-state index in [2.05, 4.69) is 10.4 Å². The summed E-state index contributed by atoms with van der Waals surface area (Å²) < 4.78 is 6.44. The van der Waals surface area contributed by atoms with Crippen LogP contribution in [0.2, 0.25) is 0 Å². The molecule has 0 radical (unpaired) electrons. The smallest absolute Gasteiger partial charge is 0.274 e. The van der Waals surface area contributed by atoms with Gasteiger partial charge in [0.1, 0.15) is 5.75 Å². The van der Waals surface area contributed by atoms with Gasteiger partial charge in [-0.25, -0.2) is 4.68 Å². The summed E-state index contributed by atoms with van der Waals surface area (Å²) in [6, 6.07) is 23.9. The topological polar surface area (TPSA) is 73.2 Å². The van der Waals surface area contributed by atoms with E-state index < -0.39 is 0 Å². The van der Waals surface area contributed by atoms with E-state index in [1.807, 2.05) is 54.6 Å². The number of amides is 1. The normalized spacial score (nSPS) is 11.8. The molecule has 0 fully saturated rings. The van der Waals surface area contributed by atoms with Crippen molar-refractivity contribution in [2.24, 2.45) is 7.05 Å². The Kier molecular flexibility index (Phi) is 5.30. The molecule has 0 bridgehead atoms. The zero-order valence-electron chi connectivity index (χ0n) is 16.7. The fourth-order valence-electron chi connectivity index (χ4n) is 3.47. The highest BCUT2D eigenvalue weighted by Crippen LogP contribution is 2.25. The molecule has 1 aromatic heterocycles. The number of benzene rings is 3. The van der Waals surface area contributed by atoms with E-state index in [4.69, 9.17) is 4.74 Å². The third-order valence-corrected chi connectivity index (χ3v) is 5.03. The maximum Gasteiger partial charge on any atom is 0.274 e. The van der Waals surface area contributed by atoms with Gasteiger partial charge in [0.05, 0.1) is 18.5 Å². The number of aromatic nitrogens is 2. The van der Waals surface area contributed by atoms with Crippen molar-refractivity contribution in [2.75, 3.05) is 7.11 Å². The second-order valence-electron chi connectivity index (χ2n) is 6.91. The Labute approximate surface area is 173 Å². The molecule has 1 atom stereocenters. The Morgan fingerprint density at radius 3 is 2.17 bits per heavy atom. The SMILES string of the molecule is COc1ccc(C(NC(=O)c2nn(C)c(=O)c3ccccc23)c2ccccc2)cc1. The summed E-state index contributed by atoms with van der Waals surface area (Å²) in [6.07, 6.45) is 0. The van der Waals surface area contributed by atoms with Crippen LogP contribution >= 0.6 is 0 Å². The van der Waals surface area contributed by atoms with Gasteiger partial charge in [0.2, 0.25) is 0 Å². The van der Waals surface area contributed by atoms with Gasteiger partial charge in [-0.15, -0.1) is 0 Å². The van der Waals surface area contributed by atoms with Crippen molar-refractivity contribution in [1.82, 2.24) is 15.1 Å². The molecule has 1 amide bonds. The van der Waals surface area contributed by atoms with Crippen molar-refractivity contribution in [3.8, 4) is 5.75 Å². The van der Waals surface area contributed by atoms with Gasteiger partial charge in [-0.2, -0.15) is 5.10 Å². The number of hydrogen-bond donors (Lipinski definition) is 1. The molecule has 0 aliphatic rings. The van der Waals surface area contributed by atoms with Gasteiger partial charge < -0.3 is 10.1 Å². The average Bonchev–Trinajstić information content (AvgIpc) is 2.80. The molecule has 0 spiro atoms. The Morgan fingerprint density at radius 2 is 1.50 bits per heavy atom. The third-order valence-electron chi connectivity index (χ3n) is 5.03. The van der Waals surface area contributed by atoms with Crippen molar-refractivity contribution in [2.45, 2.75) is 6.04 Å². The highest BCUT2D eigenvalue weighted by atomic mass is 16.5. The lowest BCUT2D eigenvalue weighted by molar-refractivity contribution is 0.0937. The molecule has 0 saturated carbocycles. The zero-order chi connectivity index (χ0) is 21.1. The fraction of sp³-hybridized carbons (Fsp3) is 0.125. The maximum atomic E-state index is 13.3. The molecule has 4 aromatic rings. The van der Waals surface area contributed by atoms with Crippen molar-refractivity contribution in [3.05, 3.63) is 106 Å². The lowest BCUT2D eigenvalue weighted by Gasteiger charge is -2.20. The minimum Gasteiger partial charge on any atom is -0.497 e. The number of carbonyl (C=O) groups excluding carboxylic acids is 1. The molecular weight excluding hydrogens is 378 g/mol.